The molecule has 34 heavy (non-hydrogen) atoms. The number of para-hydroxylation sites is 1. The van der Waals surface area contributed by atoms with Gasteiger partial charge in [-0.15, -0.1) is 0 Å². The quantitative estimate of drug-likeness (QED) is 0.461. The summed E-state index contributed by atoms with van der Waals surface area (Å²) >= 11 is 0. The predicted molar refractivity (Wildman–Crippen MR) is 130 cm³/mol. The van der Waals surface area contributed by atoms with Gasteiger partial charge in [0.15, 0.2) is 0 Å². The fourth-order valence-electron chi connectivity index (χ4n) is 4.28. The van der Waals surface area contributed by atoms with Crippen molar-refractivity contribution in [3.63, 3.8) is 0 Å². The molecule has 2 fully saturated rings. The van der Waals surface area contributed by atoms with Gasteiger partial charge in [0.2, 0.25) is 0 Å². The first-order chi connectivity index (χ1) is 16.5. The van der Waals surface area contributed by atoms with E-state index in [0.29, 0.717) is 30.4 Å². The highest BCUT2D eigenvalue weighted by molar-refractivity contribution is 6.01. The van der Waals surface area contributed by atoms with Crippen molar-refractivity contribution in [2.24, 2.45) is 0 Å². The predicted octanol–water partition coefficient (Wildman–Crippen LogP) is 5.37. The number of carbonyl (C=O) groups is 1. The zero-order valence-corrected chi connectivity index (χ0v) is 18.8. The summed E-state index contributed by atoms with van der Waals surface area (Å²) in [6.45, 7) is 0.665. The Morgan fingerprint density at radius 2 is 1.71 bits per heavy atom. The van der Waals surface area contributed by atoms with Crippen LogP contribution in [-0.2, 0) is 0 Å². The smallest absolute Gasteiger partial charge is 0.273 e. The molecular weight excluding hydrogens is 436 g/mol. The Morgan fingerprint density at radius 3 is 2.38 bits per heavy atom. The minimum absolute atomic E-state index is 0.128. The summed E-state index contributed by atoms with van der Waals surface area (Å²) in [6, 6.07) is 19.7. The number of hydrogen-bond donors (Lipinski definition) is 2. The lowest BCUT2D eigenvalue weighted by Gasteiger charge is -2.33. The van der Waals surface area contributed by atoms with Crippen LogP contribution in [-0.4, -0.2) is 35.9 Å². The summed E-state index contributed by atoms with van der Waals surface area (Å²) in [4.78, 5) is 21.4. The molecule has 2 heterocycles. The van der Waals surface area contributed by atoms with E-state index in [4.69, 9.17) is 0 Å². The number of hydrogen-bond acceptors (Lipinski definition) is 5. The van der Waals surface area contributed by atoms with Gasteiger partial charge >= 0.3 is 0 Å². The SMILES string of the molecule is O=C(NNc1ccc(N2CCC(F)(F)CC2)cc1)c1cnccc1N(c1ccccc1)C1CC1. The van der Waals surface area contributed by atoms with Crippen LogP contribution in [0.5, 0.6) is 0 Å². The molecule has 5 rings (SSSR count). The van der Waals surface area contributed by atoms with Gasteiger partial charge in [0.05, 0.1) is 16.9 Å². The molecule has 0 bridgehead atoms. The second-order valence-electron chi connectivity index (χ2n) is 8.80. The van der Waals surface area contributed by atoms with E-state index in [1.54, 1.807) is 12.4 Å². The Hall–Kier alpha value is -3.68. The van der Waals surface area contributed by atoms with E-state index in [2.05, 4.69) is 20.7 Å². The van der Waals surface area contributed by atoms with E-state index in [1.807, 2.05) is 65.6 Å². The number of hydrazine groups is 1. The van der Waals surface area contributed by atoms with E-state index in [-0.39, 0.29) is 18.7 Å². The molecule has 6 nitrogen and oxygen atoms in total. The largest absolute Gasteiger partial charge is 0.371 e. The van der Waals surface area contributed by atoms with Gasteiger partial charge < -0.3 is 9.80 Å². The van der Waals surface area contributed by atoms with E-state index in [1.165, 1.54) is 0 Å². The third-order valence-corrected chi connectivity index (χ3v) is 6.30. The van der Waals surface area contributed by atoms with E-state index in [9.17, 15) is 13.6 Å². The first-order valence-electron chi connectivity index (χ1n) is 11.6. The van der Waals surface area contributed by atoms with Gasteiger partial charge in [-0.25, -0.2) is 8.78 Å². The van der Waals surface area contributed by atoms with Crippen LogP contribution in [0.15, 0.2) is 73.1 Å². The molecule has 0 radical (unpaired) electrons. The minimum atomic E-state index is -2.57. The summed E-state index contributed by atoms with van der Waals surface area (Å²) in [5.74, 6) is -2.85. The maximum atomic E-state index is 13.4. The molecular formula is C26H27F2N5O. The number of amides is 1. The highest BCUT2D eigenvalue weighted by Gasteiger charge is 2.34. The monoisotopic (exact) mass is 463 g/mol. The average molecular weight is 464 g/mol. The summed E-state index contributed by atoms with van der Waals surface area (Å²) in [5, 5.41) is 0. The molecule has 3 aromatic rings. The summed E-state index contributed by atoms with van der Waals surface area (Å²) < 4.78 is 26.8. The molecule has 2 aromatic carbocycles. The Kier molecular flexibility index (Phi) is 6.04. The number of pyridine rings is 1. The number of nitrogens with one attached hydrogen (secondary N) is 2. The van der Waals surface area contributed by atoms with E-state index in [0.717, 1.165) is 29.9 Å². The first kappa shape index (κ1) is 22.1. The van der Waals surface area contributed by atoms with Gasteiger partial charge in [0, 0.05) is 55.7 Å². The number of benzene rings is 2. The lowest BCUT2D eigenvalue weighted by molar-refractivity contribution is -0.0220. The van der Waals surface area contributed by atoms with Crippen molar-refractivity contribution in [2.75, 3.05) is 28.3 Å². The van der Waals surface area contributed by atoms with Crippen molar-refractivity contribution >= 4 is 28.7 Å². The van der Waals surface area contributed by atoms with Crippen LogP contribution < -0.4 is 20.7 Å². The number of nitrogens with zero attached hydrogens (tertiary/aromatic N) is 3. The fraction of sp³-hybridized carbons (Fsp3) is 0.308. The maximum Gasteiger partial charge on any atom is 0.273 e. The number of halogens is 2. The third-order valence-electron chi connectivity index (χ3n) is 6.30. The van der Waals surface area contributed by atoms with Crippen LogP contribution in [0.4, 0.5) is 31.5 Å². The topological polar surface area (TPSA) is 60.5 Å². The van der Waals surface area contributed by atoms with E-state index >= 15 is 0 Å². The summed E-state index contributed by atoms with van der Waals surface area (Å²) in [6.07, 6.45) is 5.19. The van der Waals surface area contributed by atoms with Gasteiger partial charge in [-0.1, -0.05) is 18.2 Å². The first-order valence-corrected chi connectivity index (χ1v) is 11.6. The molecule has 0 spiro atoms. The maximum absolute atomic E-state index is 13.4. The van der Waals surface area contributed by atoms with Crippen molar-refractivity contribution in [2.45, 2.75) is 37.6 Å². The van der Waals surface area contributed by atoms with Crippen LogP contribution in [0.3, 0.4) is 0 Å². The molecule has 1 aromatic heterocycles. The summed E-state index contributed by atoms with van der Waals surface area (Å²) in [5.41, 5.74) is 9.66. The van der Waals surface area contributed by atoms with Gasteiger partial charge in [-0.2, -0.15) is 0 Å². The molecule has 8 heteroatoms. The molecule has 0 atom stereocenters. The van der Waals surface area contributed by atoms with Crippen LogP contribution in [0, 0.1) is 0 Å². The van der Waals surface area contributed by atoms with Crippen LogP contribution in [0.1, 0.15) is 36.0 Å². The zero-order valence-electron chi connectivity index (χ0n) is 18.8. The van der Waals surface area contributed by atoms with Gasteiger partial charge in [-0.3, -0.25) is 20.6 Å². The van der Waals surface area contributed by atoms with Crippen molar-refractivity contribution < 1.29 is 13.6 Å². The second kappa shape index (κ2) is 9.29. The fourth-order valence-corrected chi connectivity index (χ4v) is 4.28. The minimum Gasteiger partial charge on any atom is -0.371 e. The molecule has 1 aliphatic carbocycles. The number of piperidine rings is 1. The molecule has 1 saturated carbocycles. The molecule has 0 unspecified atom stereocenters. The zero-order chi connectivity index (χ0) is 23.5. The highest BCUT2D eigenvalue weighted by atomic mass is 19.3. The lowest BCUT2D eigenvalue weighted by atomic mass is 10.1. The van der Waals surface area contributed by atoms with Crippen molar-refractivity contribution in [1.29, 1.82) is 0 Å². The third kappa shape index (κ3) is 4.95. The Balaban J connectivity index is 1.26. The number of anilines is 4. The van der Waals surface area contributed by atoms with Gasteiger partial charge in [-0.05, 0) is 55.3 Å². The Bertz CT molecular complexity index is 1130. The van der Waals surface area contributed by atoms with Crippen LogP contribution >= 0.6 is 0 Å². The lowest BCUT2D eigenvalue weighted by Crippen LogP contribution is -2.39. The molecule has 2 aliphatic rings. The molecule has 2 N–H and O–H groups in total. The molecule has 1 amide bonds. The number of rotatable bonds is 7. The molecule has 1 saturated heterocycles. The van der Waals surface area contributed by atoms with Crippen molar-refractivity contribution in [3.05, 3.63) is 78.6 Å². The normalized spacial score (nSPS) is 17.2. The van der Waals surface area contributed by atoms with Crippen molar-refractivity contribution in [1.82, 2.24) is 10.4 Å². The number of aromatic nitrogens is 1. The molecule has 1 aliphatic heterocycles. The number of carbonyl (C=O) groups excluding carboxylic acids is 1. The van der Waals surface area contributed by atoms with Gasteiger partial charge in [0.1, 0.15) is 0 Å². The second-order valence-corrected chi connectivity index (χ2v) is 8.80. The standard InChI is InChI=1S/C26H27F2N5O/c27-26(28)13-16-32(17-14-26)20-8-6-19(7-9-20)30-31-25(34)23-18-29-15-12-24(23)33(22-10-11-22)21-4-2-1-3-5-21/h1-9,12,15,18,22,30H,10-11,13-14,16-17H2,(H,31,34). The van der Waals surface area contributed by atoms with Crippen LogP contribution in [0.25, 0.3) is 0 Å². The average Bonchev–Trinajstić information content (AvgIpc) is 3.69. The Morgan fingerprint density at radius 1 is 1.00 bits per heavy atom. The van der Waals surface area contributed by atoms with Gasteiger partial charge in [0.25, 0.3) is 11.8 Å². The highest BCUT2D eigenvalue weighted by Crippen LogP contribution is 2.39. The summed E-state index contributed by atoms with van der Waals surface area (Å²) in [7, 11) is 0. The van der Waals surface area contributed by atoms with Crippen LogP contribution in [0.2, 0.25) is 0 Å². The number of alkyl halides is 2. The van der Waals surface area contributed by atoms with Crippen molar-refractivity contribution in [3.8, 4) is 0 Å². The molecule has 176 valence electrons. The van der Waals surface area contributed by atoms with E-state index < -0.39 is 5.92 Å². The Labute approximate surface area is 197 Å².